The largest absolute Gasteiger partial charge is 0.386 e. The maximum absolute atomic E-state index is 9.88. The molecule has 19 heavy (non-hydrogen) atoms. The van der Waals surface area contributed by atoms with Gasteiger partial charge in [0.05, 0.1) is 5.60 Å². The van der Waals surface area contributed by atoms with Gasteiger partial charge in [-0.2, -0.15) is 0 Å². The summed E-state index contributed by atoms with van der Waals surface area (Å²) in [5, 5.41) is 12.5. The number of rotatable bonds is 4. The molecule has 0 aromatic heterocycles. The first-order valence-corrected chi connectivity index (χ1v) is 7.78. The van der Waals surface area contributed by atoms with Crippen LogP contribution in [0.15, 0.2) is 72.6 Å². The molecule has 0 unspecified atom stereocenters. The fourth-order valence-corrected chi connectivity index (χ4v) is 3.90. The summed E-state index contributed by atoms with van der Waals surface area (Å²) in [5.74, 6) is 2.14. The lowest BCUT2D eigenvalue weighted by atomic mass is 10.1. The maximum Gasteiger partial charge on any atom is 0.0775 e. The fourth-order valence-electron chi connectivity index (χ4n) is 1.76. The van der Waals surface area contributed by atoms with E-state index in [2.05, 4.69) is 54.3 Å². The molecule has 0 saturated carbocycles. The number of hydrogen-bond acceptors (Lipinski definition) is 1. The minimum absolute atomic E-state index is 0.556. The zero-order valence-electron chi connectivity index (χ0n) is 11.3. The van der Waals surface area contributed by atoms with Crippen molar-refractivity contribution >= 4 is 18.5 Å². The first kappa shape index (κ1) is 14.0. The summed E-state index contributed by atoms with van der Waals surface area (Å²) in [4.78, 5) is 0. The Bertz CT molecular complexity index is 487. The molecule has 0 bridgehead atoms. The van der Waals surface area contributed by atoms with Crippen LogP contribution in [0.5, 0.6) is 0 Å². The third-order valence-electron chi connectivity index (χ3n) is 2.70. The summed E-state index contributed by atoms with van der Waals surface area (Å²) in [7, 11) is -0.556. The molecule has 0 amide bonds. The number of aliphatic hydroxyl groups is 1. The molecule has 2 aromatic rings. The smallest absolute Gasteiger partial charge is 0.0775 e. The van der Waals surface area contributed by atoms with Crippen molar-refractivity contribution in [3.8, 4) is 0 Å². The Morgan fingerprint density at radius 2 is 1.26 bits per heavy atom. The summed E-state index contributed by atoms with van der Waals surface area (Å²) >= 11 is 0. The molecule has 2 aromatic carbocycles. The molecule has 1 nitrogen and oxygen atoms in total. The molecule has 98 valence electrons. The summed E-state index contributed by atoms with van der Waals surface area (Å²) in [6.45, 7) is 3.60. The van der Waals surface area contributed by atoms with Crippen LogP contribution >= 0.6 is 7.92 Å². The highest BCUT2D eigenvalue weighted by molar-refractivity contribution is 7.75. The first-order valence-electron chi connectivity index (χ1n) is 6.37. The highest BCUT2D eigenvalue weighted by atomic mass is 31.1. The van der Waals surface area contributed by atoms with Crippen molar-refractivity contribution in [2.45, 2.75) is 19.4 Å². The zero-order valence-corrected chi connectivity index (χ0v) is 12.2. The highest BCUT2D eigenvalue weighted by Crippen LogP contribution is 2.35. The Kier molecular flexibility index (Phi) is 4.52. The minimum atomic E-state index is -0.774. The average molecular weight is 270 g/mol. The van der Waals surface area contributed by atoms with E-state index in [0.29, 0.717) is 0 Å². The Hall–Kier alpha value is -1.43. The van der Waals surface area contributed by atoms with Crippen molar-refractivity contribution in [3.63, 3.8) is 0 Å². The van der Waals surface area contributed by atoms with Crippen LogP contribution in [0.4, 0.5) is 0 Å². The fraction of sp³-hybridized carbons (Fsp3) is 0.176. The quantitative estimate of drug-likeness (QED) is 0.844. The molecule has 0 saturated heterocycles. The highest BCUT2D eigenvalue weighted by Gasteiger charge is 2.12. The van der Waals surface area contributed by atoms with E-state index in [-0.39, 0.29) is 0 Å². The van der Waals surface area contributed by atoms with Crippen LogP contribution in [0.2, 0.25) is 0 Å². The van der Waals surface area contributed by atoms with Crippen LogP contribution in [0.1, 0.15) is 13.8 Å². The van der Waals surface area contributed by atoms with E-state index < -0.39 is 13.5 Å². The molecular weight excluding hydrogens is 251 g/mol. The van der Waals surface area contributed by atoms with Crippen LogP contribution in [0.25, 0.3) is 0 Å². The Labute approximate surface area is 116 Å². The van der Waals surface area contributed by atoms with Crippen LogP contribution in [0.3, 0.4) is 0 Å². The summed E-state index contributed by atoms with van der Waals surface area (Å²) in [5.41, 5.74) is -0.774. The van der Waals surface area contributed by atoms with Gasteiger partial charge in [-0.3, -0.25) is 0 Å². The molecule has 2 rings (SSSR count). The predicted octanol–water partition coefficient (Wildman–Crippen LogP) is 3.40. The second-order valence-corrected chi connectivity index (χ2v) is 7.08. The maximum atomic E-state index is 9.88. The van der Waals surface area contributed by atoms with Gasteiger partial charge in [-0.05, 0) is 32.4 Å². The SMILES string of the molecule is CC(C)(O)/C=C/P(c1ccccc1)c1ccccc1. The molecule has 0 aliphatic carbocycles. The van der Waals surface area contributed by atoms with Gasteiger partial charge < -0.3 is 5.11 Å². The predicted molar refractivity (Wildman–Crippen MR) is 84.5 cm³/mol. The van der Waals surface area contributed by atoms with Crippen molar-refractivity contribution in [2.75, 3.05) is 0 Å². The molecule has 0 fully saturated rings. The van der Waals surface area contributed by atoms with Gasteiger partial charge >= 0.3 is 0 Å². The Morgan fingerprint density at radius 1 is 0.842 bits per heavy atom. The van der Waals surface area contributed by atoms with E-state index >= 15 is 0 Å². The van der Waals surface area contributed by atoms with Crippen LogP contribution < -0.4 is 10.6 Å². The van der Waals surface area contributed by atoms with Gasteiger partial charge in [0.15, 0.2) is 0 Å². The normalized spacial score (nSPS) is 12.2. The van der Waals surface area contributed by atoms with E-state index in [9.17, 15) is 5.11 Å². The molecular formula is C17H19OP. The van der Waals surface area contributed by atoms with Crippen molar-refractivity contribution in [1.29, 1.82) is 0 Å². The number of benzene rings is 2. The Balaban J connectivity index is 2.38. The number of hydrogen-bond donors (Lipinski definition) is 1. The van der Waals surface area contributed by atoms with E-state index in [0.717, 1.165) is 0 Å². The van der Waals surface area contributed by atoms with Gasteiger partial charge in [-0.25, -0.2) is 0 Å². The lowest BCUT2D eigenvalue weighted by molar-refractivity contribution is 0.133. The van der Waals surface area contributed by atoms with Crippen LogP contribution in [0, 0.1) is 0 Å². The summed E-state index contributed by atoms with van der Waals surface area (Å²) in [6, 6.07) is 20.9. The molecule has 0 atom stereocenters. The van der Waals surface area contributed by atoms with Crippen molar-refractivity contribution in [2.24, 2.45) is 0 Å². The third kappa shape index (κ3) is 4.31. The van der Waals surface area contributed by atoms with Crippen molar-refractivity contribution in [1.82, 2.24) is 0 Å². The lowest BCUT2D eigenvalue weighted by Gasteiger charge is -2.17. The molecule has 2 heteroatoms. The standard InChI is InChI=1S/C17H19OP/c1-17(2,18)13-14-19(15-9-5-3-6-10-15)16-11-7-4-8-12-16/h3-14,18H,1-2H3/b14-13+. The first-order chi connectivity index (χ1) is 9.06. The Morgan fingerprint density at radius 3 is 1.63 bits per heavy atom. The molecule has 0 aliphatic heterocycles. The van der Waals surface area contributed by atoms with Gasteiger partial charge in [0.1, 0.15) is 0 Å². The van der Waals surface area contributed by atoms with Crippen molar-refractivity contribution in [3.05, 3.63) is 72.6 Å². The molecule has 0 radical (unpaired) electrons. The van der Waals surface area contributed by atoms with E-state index in [1.807, 2.05) is 18.2 Å². The van der Waals surface area contributed by atoms with Crippen LogP contribution in [-0.2, 0) is 0 Å². The van der Waals surface area contributed by atoms with Gasteiger partial charge in [-0.15, -0.1) is 0 Å². The molecule has 0 aliphatic rings. The molecule has 1 N–H and O–H groups in total. The summed E-state index contributed by atoms with van der Waals surface area (Å²) < 4.78 is 0. The zero-order chi connectivity index (χ0) is 13.7. The average Bonchev–Trinajstić information content (AvgIpc) is 2.40. The van der Waals surface area contributed by atoms with Crippen LogP contribution in [-0.4, -0.2) is 10.7 Å². The monoisotopic (exact) mass is 270 g/mol. The second kappa shape index (κ2) is 6.14. The van der Waals surface area contributed by atoms with Gasteiger partial charge in [0.25, 0.3) is 0 Å². The lowest BCUT2D eigenvalue weighted by Crippen LogP contribution is -2.15. The summed E-state index contributed by atoms with van der Waals surface area (Å²) in [6.07, 6.45) is 1.89. The van der Waals surface area contributed by atoms with Gasteiger partial charge in [0, 0.05) is 0 Å². The van der Waals surface area contributed by atoms with Gasteiger partial charge in [0.2, 0.25) is 0 Å². The third-order valence-corrected chi connectivity index (χ3v) is 4.86. The van der Waals surface area contributed by atoms with E-state index in [1.165, 1.54) is 10.6 Å². The van der Waals surface area contributed by atoms with E-state index in [4.69, 9.17) is 0 Å². The minimum Gasteiger partial charge on any atom is -0.386 e. The second-order valence-electron chi connectivity index (χ2n) is 5.01. The van der Waals surface area contributed by atoms with E-state index in [1.54, 1.807) is 13.8 Å². The molecule has 0 spiro atoms. The van der Waals surface area contributed by atoms with Gasteiger partial charge in [-0.1, -0.05) is 72.6 Å². The molecule has 0 heterocycles. The topological polar surface area (TPSA) is 20.2 Å². The van der Waals surface area contributed by atoms with Crippen molar-refractivity contribution < 1.29 is 5.11 Å².